The average Bonchev–Trinajstić information content (AvgIpc) is 3.16. The number of nitrogens with zero attached hydrogens (tertiary/aromatic N) is 4. The number of rotatable bonds is 4. The van der Waals surface area contributed by atoms with Gasteiger partial charge in [0, 0.05) is 32.1 Å². The summed E-state index contributed by atoms with van der Waals surface area (Å²) in [5.41, 5.74) is 1.02. The third-order valence-electron chi connectivity index (χ3n) is 4.65. The maximum absolute atomic E-state index is 13.8. The van der Waals surface area contributed by atoms with Gasteiger partial charge in [0.1, 0.15) is 6.26 Å². The first kappa shape index (κ1) is 18.1. The number of aryl methyl sites for hydroxylation is 1. The van der Waals surface area contributed by atoms with Crippen LogP contribution in [0.4, 0.5) is 4.39 Å². The smallest absolute Gasteiger partial charge is 0.275 e. The van der Waals surface area contributed by atoms with Gasteiger partial charge < -0.3 is 14.1 Å². The van der Waals surface area contributed by atoms with Gasteiger partial charge in [-0.15, -0.1) is 0 Å². The fourth-order valence-electron chi connectivity index (χ4n) is 3.28. The van der Waals surface area contributed by atoms with Crippen LogP contribution in [0, 0.1) is 12.7 Å². The largest absolute Gasteiger partial charge is 0.448 e. The van der Waals surface area contributed by atoms with Crippen molar-refractivity contribution in [1.82, 2.24) is 19.9 Å². The topological polar surface area (TPSA) is 81.4 Å². The first-order chi connectivity index (χ1) is 13.6. The summed E-state index contributed by atoms with van der Waals surface area (Å²) in [5, 5.41) is 0. The van der Waals surface area contributed by atoms with Crippen molar-refractivity contribution >= 4 is 5.91 Å². The molecule has 3 heterocycles. The SMILES string of the molecule is Cc1nc(C(=O)N2CCC[C@H](c3cncc(Oc4ccccc4F)n3)C2)co1. The number of carbonyl (C=O) groups excluding carboxylic acids is 1. The minimum Gasteiger partial charge on any atom is -0.448 e. The van der Waals surface area contributed by atoms with Gasteiger partial charge in [-0.2, -0.15) is 0 Å². The zero-order chi connectivity index (χ0) is 19.5. The molecule has 0 bridgehead atoms. The number of aromatic nitrogens is 3. The fraction of sp³-hybridized carbons (Fsp3) is 0.300. The van der Waals surface area contributed by atoms with Crippen molar-refractivity contribution in [3.8, 4) is 11.6 Å². The van der Waals surface area contributed by atoms with Crippen molar-refractivity contribution < 1.29 is 18.3 Å². The highest BCUT2D eigenvalue weighted by molar-refractivity contribution is 5.92. The van der Waals surface area contributed by atoms with Gasteiger partial charge >= 0.3 is 0 Å². The lowest BCUT2D eigenvalue weighted by Gasteiger charge is -2.31. The summed E-state index contributed by atoms with van der Waals surface area (Å²) >= 11 is 0. The Morgan fingerprint density at radius 1 is 1.29 bits per heavy atom. The number of carbonyl (C=O) groups is 1. The van der Waals surface area contributed by atoms with Crippen LogP contribution in [-0.4, -0.2) is 38.8 Å². The second-order valence-corrected chi connectivity index (χ2v) is 6.66. The number of benzene rings is 1. The lowest BCUT2D eigenvalue weighted by molar-refractivity contribution is 0.0699. The summed E-state index contributed by atoms with van der Waals surface area (Å²) in [6.45, 7) is 2.86. The van der Waals surface area contributed by atoms with E-state index in [-0.39, 0.29) is 23.5 Å². The molecule has 0 unspecified atom stereocenters. The van der Waals surface area contributed by atoms with Gasteiger partial charge in [0.05, 0.1) is 11.9 Å². The number of para-hydroxylation sites is 1. The third kappa shape index (κ3) is 3.85. The van der Waals surface area contributed by atoms with E-state index in [1.165, 1.54) is 24.6 Å². The fourth-order valence-corrected chi connectivity index (χ4v) is 3.28. The lowest BCUT2D eigenvalue weighted by Crippen LogP contribution is -2.39. The molecule has 8 heteroatoms. The van der Waals surface area contributed by atoms with Gasteiger partial charge in [-0.25, -0.2) is 14.4 Å². The molecule has 0 saturated carbocycles. The molecule has 0 aliphatic carbocycles. The Bertz CT molecular complexity index is 991. The molecule has 0 N–H and O–H groups in total. The van der Waals surface area contributed by atoms with Gasteiger partial charge in [-0.1, -0.05) is 12.1 Å². The highest BCUT2D eigenvalue weighted by Gasteiger charge is 2.28. The normalized spacial score (nSPS) is 16.8. The summed E-state index contributed by atoms with van der Waals surface area (Å²) in [4.78, 5) is 27.2. The van der Waals surface area contributed by atoms with Gasteiger partial charge in [0.15, 0.2) is 23.2 Å². The molecule has 144 valence electrons. The minimum atomic E-state index is -0.466. The molecule has 1 aromatic carbocycles. The Balaban J connectivity index is 1.49. The van der Waals surface area contributed by atoms with Crippen molar-refractivity contribution in [3.63, 3.8) is 0 Å². The van der Waals surface area contributed by atoms with Crippen LogP contribution in [0.25, 0.3) is 0 Å². The standard InChI is InChI=1S/C20H19FN4O3/c1-13-23-17(12-27-13)20(26)25-8-4-5-14(11-25)16-9-22-10-19(24-16)28-18-7-3-2-6-15(18)21/h2-3,6-7,9-10,12,14H,4-5,8,11H2,1H3/t14-/m0/s1. The van der Waals surface area contributed by atoms with Gasteiger partial charge in [0.25, 0.3) is 5.91 Å². The van der Waals surface area contributed by atoms with Crippen molar-refractivity contribution in [2.75, 3.05) is 13.1 Å². The van der Waals surface area contributed by atoms with E-state index in [1.807, 2.05) is 0 Å². The highest BCUT2D eigenvalue weighted by Crippen LogP contribution is 2.28. The van der Waals surface area contributed by atoms with Crippen molar-refractivity contribution in [3.05, 3.63) is 66.0 Å². The molecule has 1 aliphatic heterocycles. The minimum absolute atomic E-state index is 0.0161. The van der Waals surface area contributed by atoms with Crippen molar-refractivity contribution in [1.29, 1.82) is 0 Å². The van der Waals surface area contributed by atoms with E-state index in [4.69, 9.17) is 9.15 Å². The number of ether oxygens (including phenoxy) is 1. The second kappa shape index (κ2) is 7.75. The van der Waals surface area contributed by atoms with Crippen LogP contribution < -0.4 is 4.74 Å². The molecule has 28 heavy (non-hydrogen) atoms. The zero-order valence-corrected chi connectivity index (χ0v) is 15.3. The summed E-state index contributed by atoms with van der Waals surface area (Å²) < 4.78 is 24.5. The summed E-state index contributed by atoms with van der Waals surface area (Å²) in [7, 11) is 0. The zero-order valence-electron chi connectivity index (χ0n) is 15.3. The van der Waals surface area contributed by atoms with Crippen LogP contribution in [0.2, 0.25) is 0 Å². The number of oxazole rings is 1. The van der Waals surface area contributed by atoms with Crippen LogP contribution in [0.15, 0.2) is 47.3 Å². The number of amides is 1. The predicted molar refractivity (Wildman–Crippen MR) is 97.6 cm³/mol. The van der Waals surface area contributed by atoms with E-state index in [9.17, 15) is 9.18 Å². The van der Waals surface area contributed by atoms with Crippen LogP contribution in [0.5, 0.6) is 11.6 Å². The van der Waals surface area contributed by atoms with Gasteiger partial charge in [0.2, 0.25) is 5.88 Å². The van der Waals surface area contributed by atoms with Gasteiger partial charge in [-0.3, -0.25) is 9.78 Å². The Hall–Kier alpha value is -3.29. The lowest BCUT2D eigenvalue weighted by atomic mass is 9.95. The number of halogens is 1. The first-order valence-electron chi connectivity index (χ1n) is 9.06. The molecule has 1 aliphatic rings. The predicted octanol–water partition coefficient (Wildman–Crippen LogP) is 3.72. The molecule has 0 radical (unpaired) electrons. The van der Waals surface area contributed by atoms with E-state index in [0.29, 0.717) is 30.4 Å². The van der Waals surface area contributed by atoms with Crippen molar-refractivity contribution in [2.24, 2.45) is 0 Å². The number of hydrogen-bond acceptors (Lipinski definition) is 6. The quantitative estimate of drug-likeness (QED) is 0.684. The number of piperidine rings is 1. The van der Waals surface area contributed by atoms with E-state index < -0.39 is 5.82 Å². The van der Waals surface area contributed by atoms with Crippen LogP contribution >= 0.6 is 0 Å². The molecule has 4 rings (SSSR count). The molecular formula is C20H19FN4O3. The second-order valence-electron chi connectivity index (χ2n) is 6.66. The average molecular weight is 382 g/mol. The van der Waals surface area contributed by atoms with E-state index >= 15 is 0 Å². The summed E-state index contributed by atoms with van der Waals surface area (Å²) in [6.07, 6.45) is 6.20. The molecule has 1 amide bonds. The molecule has 1 atom stereocenters. The Labute approximate surface area is 161 Å². The van der Waals surface area contributed by atoms with E-state index in [0.717, 1.165) is 12.8 Å². The molecule has 3 aromatic rings. The Morgan fingerprint density at radius 3 is 2.93 bits per heavy atom. The molecular weight excluding hydrogens is 363 g/mol. The van der Waals surface area contributed by atoms with Crippen LogP contribution in [-0.2, 0) is 0 Å². The summed E-state index contributed by atoms with van der Waals surface area (Å²) in [5.74, 6) is 0.164. The third-order valence-corrected chi connectivity index (χ3v) is 4.65. The molecule has 1 saturated heterocycles. The van der Waals surface area contributed by atoms with Crippen LogP contribution in [0.1, 0.15) is 40.8 Å². The van der Waals surface area contributed by atoms with E-state index in [2.05, 4.69) is 15.0 Å². The van der Waals surface area contributed by atoms with E-state index in [1.54, 1.807) is 30.2 Å². The molecule has 7 nitrogen and oxygen atoms in total. The number of likely N-dealkylation sites (tertiary alicyclic amines) is 1. The monoisotopic (exact) mass is 382 g/mol. The summed E-state index contributed by atoms with van der Waals surface area (Å²) in [6, 6.07) is 6.13. The molecule has 2 aromatic heterocycles. The molecule has 0 spiro atoms. The molecule has 1 fully saturated rings. The maximum Gasteiger partial charge on any atom is 0.275 e. The first-order valence-corrected chi connectivity index (χ1v) is 9.06. The van der Waals surface area contributed by atoms with Crippen molar-refractivity contribution in [2.45, 2.75) is 25.7 Å². The Morgan fingerprint density at radius 2 is 2.14 bits per heavy atom. The highest BCUT2D eigenvalue weighted by atomic mass is 19.1. The number of hydrogen-bond donors (Lipinski definition) is 0. The van der Waals surface area contributed by atoms with Crippen LogP contribution in [0.3, 0.4) is 0 Å². The maximum atomic E-state index is 13.8. The Kier molecular flexibility index (Phi) is 5.01. The van der Waals surface area contributed by atoms with Gasteiger partial charge in [-0.05, 0) is 25.0 Å².